The van der Waals surface area contributed by atoms with Crippen LogP contribution in [0.15, 0.2) is 204 Å². The van der Waals surface area contributed by atoms with Crippen LogP contribution >= 0.6 is 0 Å². The number of anilines is 2. The van der Waals surface area contributed by atoms with Crippen LogP contribution in [0.2, 0.25) is 0 Å². The fourth-order valence-corrected chi connectivity index (χ4v) is 9.20. The molecule has 5 aliphatic rings. The summed E-state index contributed by atoms with van der Waals surface area (Å²) in [5, 5.41) is 7.64. The number of H-pyrrole nitrogens is 1. The molecule has 288 valence electrons. The third kappa shape index (κ3) is 7.55. The average Bonchev–Trinajstić information content (AvgIpc) is 3.39. The van der Waals surface area contributed by atoms with Crippen molar-refractivity contribution < 1.29 is 0 Å². The van der Waals surface area contributed by atoms with Crippen molar-refractivity contribution in [3.05, 3.63) is 221 Å². The molecule has 1 aromatic heterocycles. The smallest absolute Gasteiger partial charge is 0.0719 e. The molecule has 0 saturated heterocycles. The quantitative estimate of drug-likeness (QED) is 0.110. The molecule has 4 aromatic rings. The van der Waals surface area contributed by atoms with Gasteiger partial charge in [0.25, 0.3) is 0 Å². The maximum Gasteiger partial charge on any atom is 0.0719 e. The Bertz CT molecular complexity index is 2500. The summed E-state index contributed by atoms with van der Waals surface area (Å²) in [6, 6.07) is 37.0. The minimum atomic E-state index is 0.128. The summed E-state index contributed by atoms with van der Waals surface area (Å²) in [6.45, 7) is 6.59. The second-order valence-electron chi connectivity index (χ2n) is 16.0. The van der Waals surface area contributed by atoms with Gasteiger partial charge in [0.2, 0.25) is 0 Å². The van der Waals surface area contributed by atoms with Gasteiger partial charge in [0.15, 0.2) is 0 Å². The molecule has 1 aliphatic heterocycles. The van der Waals surface area contributed by atoms with Crippen LogP contribution in [0.1, 0.15) is 86.1 Å². The number of hydrogen-bond donors (Lipinski definition) is 1. The summed E-state index contributed by atoms with van der Waals surface area (Å²) in [4.78, 5) is 6.13. The predicted octanol–water partition coefficient (Wildman–Crippen LogP) is 14.1. The van der Waals surface area contributed by atoms with Crippen molar-refractivity contribution in [3.63, 3.8) is 0 Å². The topological polar surface area (TPSA) is 34.6 Å². The van der Waals surface area contributed by atoms with E-state index in [0.29, 0.717) is 5.92 Å². The molecule has 3 aromatic carbocycles. The molecule has 4 aliphatic carbocycles. The van der Waals surface area contributed by atoms with Crippen LogP contribution in [0.4, 0.5) is 11.4 Å². The van der Waals surface area contributed by atoms with Gasteiger partial charge < -0.3 is 9.88 Å². The molecule has 58 heavy (non-hydrogen) atoms. The zero-order chi connectivity index (χ0) is 39.3. The van der Waals surface area contributed by atoms with E-state index in [4.69, 9.17) is 5.10 Å². The summed E-state index contributed by atoms with van der Waals surface area (Å²) in [5.74, 6) is 1.24. The molecule has 3 atom stereocenters. The van der Waals surface area contributed by atoms with Gasteiger partial charge in [-0.15, -0.1) is 0 Å². The predicted molar refractivity (Wildman–Crippen MR) is 244 cm³/mol. The Labute approximate surface area is 344 Å². The molecule has 4 heteroatoms. The summed E-state index contributed by atoms with van der Waals surface area (Å²) < 4.78 is 0. The van der Waals surface area contributed by atoms with Gasteiger partial charge in [0.1, 0.15) is 0 Å². The lowest BCUT2D eigenvalue weighted by Gasteiger charge is -2.32. The van der Waals surface area contributed by atoms with Crippen molar-refractivity contribution in [2.45, 2.75) is 63.7 Å². The van der Waals surface area contributed by atoms with Crippen LogP contribution in [-0.4, -0.2) is 16.2 Å². The number of nitrogens with one attached hydrogen (secondary N) is 1. The molecule has 3 unspecified atom stereocenters. The highest BCUT2D eigenvalue weighted by Crippen LogP contribution is 2.48. The molecule has 2 heterocycles. The van der Waals surface area contributed by atoms with E-state index in [0.717, 1.165) is 59.9 Å². The Morgan fingerprint density at radius 3 is 2.36 bits per heavy atom. The number of aromatic nitrogens is 1. The lowest BCUT2D eigenvalue weighted by Crippen LogP contribution is -2.23. The van der Waals surface area contributed by atoms with Crippen LogP contribution in [-0.2, 0) is 0 Å². The first-order valence-electron chi connectivity index (χ1n) is 21.0. The average molecular weight is 757 g/mol. The standard InChI is InChI=1S/C54H52N4/c1-3-15-46(57-52-23-11-9-19-48(52)47-18-8-5-13-37-55-54-50(47)21-14-22-51(54)49-20-10-12-24-53(49)57)38-56-58(44-33-29-42(30-34-44)40-16-6-4-7-17-40)45-35-31-43(32-36-45)41-27-25-39(2)26-28-41/h3-21,23-24,27,29,31,33-35,37-39,42,51,55H,1,22,25-26,28,30,32,36H2,2H3/b8-5?,37-13?,46-15+,47-18?,56-38-. The molecule has 0 amide bonds. The Hall–Kier alpha value is -6.39. The zero-order valence-electron chi connectivity index (χ0n) is 33.5. The number of allylic oxidation sites excluding steroid dienone is 13. The van der Waals surface area contributed by atoms with Gasteiger partial charge in [0, 0.05) is 40.6 Å². The minimum Gasteiger partial charge on any atom is -0.364 e. The lowest BCUT2D eigenvalue weighted by atomic mass is 9.83. The lowest BCUT2D eigenvalue weighted by molar-refractivity contribution is 0.441. The fraction of sp³-hybridized carbons (Fsp3) is 0.204. The van der Waals surface area contributed by atoms with Crippen molar-refractivity contribution in [1.82, 2.24) is 9.99 Å². The first kappa shape index (κ1) is 37.2. The van der Waals surface area contributed by atoms with Gasteiger partial charge in [-0.2, -0.15) is 5.10 Å². The van der Waals surface area contributed by atoms with Crippen LogP contribution in [0.25, 0.3) is 17.2 Å². The van der Waals surface area contributed by atoms with E-state index in [1.165, 1.54) is 64.1 Å². The molecule has 0 saturated carbocycles. The number of aromatic amines is 1. The first-order chi connectivity index (χ1) is 28.7. The Morgan fingerprint density at radius 1 is 0.776 bits per heavy atom. The van der Waals surface area contributed by atoms with Crippen molar-refractivity contribution in [1.29, 1.82) is 0 Å². The SMILES string of the molecule is C=C/C=C(\C=N/N(C1=CCC(c2ccccc2)C=C1)C1=CC=C(C2=CCC(C)CC2)CC1)N1c2ccccc2-c2ccccc[nH]c3c2C=CCC3c2ccccc21. The summed E-state index contributed by atoms with van der Waals surface area (Å²) in [5.41, 5.74) is 15.8. The maximum absolute atomic E-state index is 5.46. The van der Waals surface area contributed by atoms with Gasteiger partial charge in [0.05, 0.1) is 29.0 Å². The van der Waals surface area contributed by atoms with Gasteiger partial charge in [-0.25, -0.2) is 5.01 Å². The van der Waals surface area contributed by atoms with Gasteiger partial charge in [-0.1, -0.05) is 141 Å². The van der Waals surface area contributed by atoms with E-state index in [9.17, 15) is 0 Å². The maximum atomic E-state index is 5.46. The van der Waals surface area contributed by atoms with Crippen molar-refractivity contribution in [3.8, 4) is 11.1 Å². The van der Waals surface area contributed by atoms with E-state index in [-0.39, 0.29) is 5.92 Å². The zero-order valence-corrected chi connectivity index (χ0v) is 33.5. The largest absolute Gasteiger partial charge is 0.364 e. The molecule has 1 N–H and O–H groups in total. The number of fused-ring (bicyclic) bond motifs is 4. The highest BCUT2D eigenvalue weighted by atomic mass is 15.5. The number of hydrogen-bond acceptors (Lipinski definition) is 3. The number of para-hydroxylation sites is 2. The van der Waals surface area contributed by atoms with Gasteiger partial charge in [-0.3, -0.25) is 0 Å². The molecule has 0 radical (unpaired) electrons. The van der Waals surface area contributed by atoms with Crippen molar-refractivity contribution in [2.75, 3.05) is 4.90 Å². The van der Waals surface area contributed by atoms with Crippen LogP contribution in [0, 0.1) is 5.92 Å². The number of rotatable bonds is 8. The first-order valence-corrected chi connectivity index (χ1v) is 21.0. The third-order valence-corrected chi connectivity index (χ3v) is 12.3. The molecule has 4 nitrogen and oxygen atoms in total. The molecule has 0 fully saturated rings. The monoisotopic (exact) mass is 756 g/mol. The van der Waals surface area contributed by atoms with Crippen molar-refractivity contribution in [2.24, 2.45) is 11.0 Å². The highest BCUT2D eigenvalue weighted by molar-refractivity contribution is 5.97. The number of benzene rings is 3. The van der Waals surface area contributed by atoms with E-state index < -0.39 is 0 Å². The molecular formula is C54H52N4. The summed E-state index contributed by atoms with van der Waals surface area (Å²) in [7, 11) is 0. The molecule has 0 spiro atoms. The second-order valence-corrected chi connectivity index (χ2v) is 16.0. The minimum absolute atomic E-state index is 0.128. The molecule has 9 rings (SSSR count). The van der Waals surface area contributed by atoms with E-state index in [1.54, 1.807) is 0 Å². The Morgan fingerprint density at radius 2 is 1.57 bits per heavy atom. The third-order valence-electron chi connectivity index (χ3n) is 12.3. The second kappa shape index (κ2) is 17.0. The Balaban J connectivity index is 1.17. The number of hydrazone groups is 1. The summed E-state index contributed by atoms with van der Waals surface area (Å²) >= 11 is 0. The van der Waals surface area contributed by atoms with Gasteiger partial charge in [-0.05, 0) is 115 Å². The van der Waals surface area contributed by atoms with Gasteiger partial charge >= 0.3 is 0 Å². The summed E-state index contributed by atoms with van der Waals surface area (Å²) in [6.07, 6.45) is 34.2. The van der Waals surface area contributed by atoms with Crippen LogP contribution < -0.4 is 4.90 Å². The van der Waals surface area contributed by atoms with Crippen molar-refractivity contribution >= 4 is 23.7 Å². The van der Waals surface area contributed by atoms with E-state index in [2.05, 4.69) is 192 Å². The fourth-order valence-electron chi connectivity index (χ4n) is 9.20. The number of nitrogens with zero attached hydrogens (tertiary/aromatic N) is 3. The van der Waals surface area contributed by atoms with Crippen LogP contribution in [0.3, 0.4) is 0 Å². The van der Waals surface area contributed by atoms with E-state index in [1.807, 2.05) is 12.3 Å². The molecular weight excluding hydrogens is 705 g/mol. The Kier molecular flexibility index (Phi) is 10.9. The molecule has 4 bridgehead atoms. The van der Waals surface area contributed by atoms with Crippen LogP contribution in [0.5, 0.6) is 0 Å². The highest BCUT2D eigenvalue weighted by Gasteiger charge is 2.30. The van der Waals surface area contributed by atoms with E-state index >= 15 is 0 Å². The normalized spacial score (nSPS) is 20.9.